The van der Waals surface area contributed by atoms with Crippen LogP contribution in [0.3, 0.4) is 0 Å². The van der Waals surface area contributed by atoms with Crippen LogP contribution in [-0.2, 0) is 0 Å². The van der Waals surface area contributed by atoms with E-state index in [1.165, 1.54) is 0 Å². The summed E-state index contributed by atoms with van der Waals surface area (Å²) in [5.41, 5.74) is 2.78. The van der Waals surface area contributed by atoms with Gasteiger partial charge >= 0.3 is 0 Å². The van der Waals surface area contributed by atoms with Gasteiger partial charge in [0.2, 0.25) is 0 Å². The minimum absolute atomic E-state index is 0.689. The summed E-state index contributed by atoms with van der Waals surface area (Å²) in [5, 5.41) is 2.15. The van der Waals surface area contributed by atoms with Crippen molar-refractivity contribution in [3.63, 3.8) is 0 Å². The Morgan fingerprint density at radius 3 is 2.06 bits per heavy atom. The van der Waals surface area contributed by atoms with Crippen LogP contribution in [0.1, 0.15) is 21.5 Å². The fourth-order valence-corrected chi connectivity index (χ4v) is 1.78. The monoisotopic (exact) mass is 208 g/mol. The molecule has 0 atom stereocenters. The van der Waals surface area contributed by atoms with Gasteiger partial charge in [-0.3, -0.25) is 4.79 Å². The molecular weight excluding hydrogens is 196 g/mol. The number of carbonyl (C=O) groups excluding carboxylic acids is 1. The lowest BCUT2D eigenvalue weighted by Crippen LogP contribution is -1.84. The third-order valence-electron chi connectivity index (χ3n) is 2.64. The summed E-state index contributed by atoms with van der Waals surface area (Å²) in [6, 6.07) is 9.71. The SMILES string of the molecule is C=Cc1cc2ccc(C=O)cc2cc1C=C. The van der Waals surface area contributed by atoms with Crippen molar-refractivity contribution in [3.8, 4) is 0 Å². The molecule has 0 aliphatic heterocycles. The first-order valence-electron chi connectivity index (χ1n) is 5.06. The van der Waals surface area contributed by atoms with Crippen molar-refractivity contribution in [2.75, 3.05) is 0 Å². The normalized spacial score (nSPS) is 10.0. The molecule has 0 N–H and O–H groups in total. The van der Waals surface area contributed by atoms with Crippen LogP contribution in [-0.4, -0.2) is 6.29 Å². The molecule has 0 fully saturated rings. The van der Waals surface area contributed by atoms with E-state index in [4.69, 9.17) is 0 Å². The molecule has 2 aromatic carbocycles. The lowest BCUT2D eigenvalue weighted by Gasteiger charge is -2.05. The number of fused-ring (bicyclic) bond motifs is 1. The van der Waals surface area contributed by atoms with E-state index in [0.717, 1.165) is 28.2 Å². The molecule has 1 heteroatoms. The summed E-state index contributed by atoms with van der Waals surface area (Å²) in [4.78, 5) is 10.7. The average molecular weight is 208 g/mol. The third kappa shape index (κ3) is 1.68. The standard InChI is InChI=1S/C15H12O/c1-3-12-8-14-6-5-11(10-16)7-15(14)9-13(12)4-2/h3-10H,1-2H2. The molecule has 16 heavy (non-hydrogen) atoms. The quantitative estimate of drug-likeness (QED) is 0.698. The first-order chi connectivity index (χ1) is 7.78. The van der Waals surface area contributed by atoms with Gasteiger partial charge in [-0.1, -0.05) is 37.4 Å². The second-order valence-corrected chi connectivity index (χ2v) is 3.61. The summed E-state index contributed by atoms with van der Waals surface area (Å²) in [5.74, 6) is 0. The Labute approximate surface area is 94.7 Å². The van der Waals surface area contributed by atoms with Gasteiger partial charge in [-0.05, 0) is 40.1 Å². The second-order valence-electron chi connectivity index (χ2n) is 3.61. The van der Waals surface area contributed by atoms with Crippen LogP contribution in [0.2, 0.25) is 0 Å². The van der Waals surface area contributed by atoms with Crippen molar-refractivity contribution in [1.82, 2.24) is 0 Å². The summed E-state index contributed by atoms with van der Waals surface area (Å²) in [6.45, 7) is 7.55. The molecule has 78 valence electrons. The Morgan fingerprint density at radius 1 is 0.875 bits per heavy atom. The molecular formula is C15H12O. The van der Waals surface area contributed by atoms with Gasteiger partial charge in [0.15, 0.2) is 0 Å². The molecule has 2 aromatic rings. The highest BCUT2D eigenvalue weighted by Crippen LogP contribution is 2.22. The number of hydrogen-bond acceptors (Lipinski definition) is 1. The van der Waals surface area contributed by atoms with Gasteiger partial charge in [0.1, 0.15) is 6.29 Å². The van der Waals surface area contributed by atoms with E-state index in [0.29, 0.717) is 5.56 Å². The number of carbonyl (C=O) groups is 1. The Balaban J connectivity index is 2.77. The summed E-state index contributed by atoms with van der Waals surface area (Å²) in [7, 11) is 0. The molecule has 0 spiro atoms. The molecule has 0 saturated carbocycles. The van der Waals surface area contributed by atoms with E-state index in [9.17, 15) is 4.79 Å². The molecule has 0 radical (unpaired) electrons. The van der Waals surface area contributed by atoms with E-state index in [2.05, 4.69) is 13.2 Å². The zero-order chi connectivity index (χ0) is 11.5. The molecule has 1 nitrogen and oxygen atoms in total. The van der Waals surface area contributed by atoms with Gasteiger partial charge in [-0.15, -0.1) is 0 Å². The highest BCUT2D eigenvalue weighted by Gasteiger charge is 2.00. The van der Waals surface area contributed by atoms with Crippen LogP contribution < -0.4 is 0 Å². The van der Waals surface area contributed by atoms with Crippen molar-refractivity contribution < 1.29 is 4.79 Å². The predicted molar refractivity (Wildman–Crippen MR) is 69.5 cm³/mol. The first kappa shape index (κ1) is 10.4. The average Bonchev–Trinajstić information content (AvgIpc) is 2.36. The van der Waals surface area contributed by atoms with Gasteiger partial charge in [0.05, 0.1) is 0 Å². The van der Waals surface area contributed by atoms with Crippen LogP contribution in [0.15, 0.2) is 43.5 Å². The van der Waals surface area contributed by atoms with Gasteiger partial charge < -0.3 is 0 Å². The van der Waals surface area contributed by atoms with Crippen molar-refractivity contribution in [1.29, 1.82) is 0 Å². The molecule has 0 aromatic heterocycles. The Morgan fingerprint density at radius 2 is 1.50 bits per heavy atom. The maximum atomic E-state index is 10.7. The van der Waals surface area contributed by atoms with E-state index in [1.54, 1.807) is 6.08 Å². The molecule has 0 saturated heterocycles. The highest BCUT2D eigenvalue weighted by molar-refractivity contribution is 5.92. The van der Waals surface area contributed by atoms with E-state index in [-0.39, 0.29) is 0 Å². The highest BCUT2D eigenvalue weighted by atomic mass is 16.1. The van der Waals surface area contributed by atoms with Crippen LogP contribution >= 0.6 is 0 Å². The minimum Gasteiger partial charge on any atom is -0.298 e. The van der Waals surface area contributed by atoms with E-state index >= 15 is 0 Å². The Hall–Kier alpha value is -2.15. The number of benzene rings is 2. The first-order valence-corrected chi connectivity index (χ1v) is 5.06. The molecule has 2 rings (SSSR count). The fraction of sp³-hybridized carbons (Fsp3) is 0. The molecule has 0 bridgehead atoms. The fourth-order valence-electron chi connectivity index (χ4n) is 1.78. The van der Waals surface area contributed by atoms with Gasteiger partial charge in [-0.2, -0.15) is 0 Å². The summed E-state index contributed by atoms with van der Waals surface area (Å²) in [6.07, 6.45) is 4.46. The number of aldehydes is 1. The molecule has 0 aliphatic carbocycles. The van der Waals surface area contributed by atoms with E-state index < -0.39 is 0 Å². The topological polar surface area (TPSA) is 17.1 Å². The van der Waals surface area contributed by atoms with Gasteiger partial charge in [0, 0.05) is 5.56 Å². The van der Waals surface area contributed by atoms with Crippen LogP contribution in [0.5, 0.6) is 0 Å². The zero-order valence-electron chi connectivity index (χ0n) is 8.94. The molecule has 0 heterocycles. The lowest BCUT2D eigenvalue weighted by atomic mass is 9.99. The second kappa shape index (κ2) is 4.15. The van der Waals surface area contributed by atoms with Crippen molar-refractivity contribution >= 4 is 29.2 Å². The van der Waals surface area contributed by atoms with Crippen LogP contribution in [0.25, 0.3) is 22.9 Å². The smallest absolute Gasteiger partial charge is 0.150 e. The Bertz CT molecular complexity index is 579. The van der Waals surface area contributed by atoms with Crippen molar-refractivity contribution in [2.24, 2.45) is 0 Å². The summed E-state index contributed by atoms with van der Waals surface area (Å²) >= 11 is 0. The maximum absolute atomic E-state index is 10.7. The zero-order valence-corrected chi connectivity index (χ0v) is 8.94. The molecule has 0 unspecified atom stereocenters. The van der Waals surface area contributed by atoms with E-state index in [1.807, 2.05) is 36.4 Å². The number of hydrogen-bond donors (Lipinski definition) is 0. The minimum atomic E-state index is 0.689. The Kier molecular flexibility index (Phi) is 2.69. The van der Waals surface area contributed by atoms with Crippen molar-refractivity contribution in [2.45, 2.75) is 0 Å². The molecule has 0 amide bonds. The number of rotatable bonds is 3. The van der Waals surface area contributed by atoms with Crippen LogP contribution in [0.4, 0.5) is 0 Å². The van der Waals surface area contributed by atoms with Crippen molar-refractivity contribution in [3.05, 3.63) is 60.2 Å². The third-order valence-corrected chi connectivity index (χ3v) is 2.64. The molecule has 0 aliphatic rings. The van der Waals surface area contributed by atoms with Crippen LogP contribution in [0, 0.1) is 0 Å². The van der Waals surface area contributed by atoms with Gasteiger partial charge in [0.25, 0.3) is 0 Å². The largest absolute Gasteiger partial charge is 0.298 e. The maximum Gasteiger partial charge on any atom is 0.150 e. The van der Waals surface area contributed by atoms with Gasteiger partial charge in [-0.25, -0.2) is 0 Å². The predicted octanol–water partition coefficient (Wildman–Crippen LogP) is 3.94. The summed E-state index contributed by atoms with van der Waals surface area (Å²) < 4.78 is 0. The lowest BCUT2D eigenvalue weighted by molar-refractivity contribution is 0.112.